The molecular formula is C12H22N2O3. The van der Waals surface area contributed by atoms with Gasteiger partial charge in [-0.15, -0.1) is 0 Å². The SMILES string of the molecule is COC(=O)C(CN1CCC(OC)C1)NC1CC1. The van der Waals surface area contributed by atoms with E-state index in [4.69, 9.17) is 9.47 Å². The molecular weight excluding hydrogens is 220 g/mol. The van der Waals surface area contributed by atoms with Crippen LogP contribution in [0.2, 0.25) is 0 Å². The fourth-order valence-corrected chi connectivity index (χ4v) is 2.29. The first-order valence-electron chi connectivity index (χ1n) is 6.32. The Balaban J connectivity index is 1.81. The maximum Gasteiger partial charge on any atom is 0.324 e. The molecule has 1 aliphatic heterocycles. The van der Waals surface area contributed by atoms with Gasteiger partial charge in [-0.3, -0.25) is 9.69 Å². The Bertz CT molecular complexity index is 268. The van der Waals surface area contributed by atoms with Crippen LogP contribution in [0.15, 0.2) is 0 Å². The van der Waals surface area contributed by atoms with Crippen LogP contribution in [0.1, 0.15) is 19.3 Å². The van der Waals surface area contributed by atoms with E-state index < -0.39 is 0 Å². The van der Waals surface area contributed by atoms with E-state index in [0.29, 0.717) is 12.1 Å². The molecule has 0 radical (unpaired) electrons. The van der Waals surface area contributed by atoms with Gasteiger partial charge in [0.2, 0.25) is 0 Å². The van der Waals surface area contributed by atoms with Gasteiger partial charge in [0.1, 0.15) is 6.04 Å². The maximum absolute atomic E-state index is 11.7. The first-order valence-corrected chi connectivity index (χ1v) is 6.32. The minimum absolute atomic E-state index is 0.155. The van der Waals surface area contributed by atoms with Gasteiger partial charge in [0, 0.05) is 32.8 Å². The van der Waals surface area contributed by atoms with Crippen molar-refractivity contribution in [3.63, 3.8) is 0 Å². The van der Waals surface area contributed by atoms with Crippen molar-refractivity contribution in [2.45, 2.75) is 37.5 Å². The monoisotopic (exact) mass is 242 g/mol. The second-order valence-electron chi connectivity index (χ2n) is 4.92. The molecule has 17 heavy (non-hydrogen) atoms. The third-order valence-corrected chi connectivity index (χ3v) is 3.50. The first-order chi connectivity index (χ1) is 8.22. The summed E-state index contributed by atoms with van der Waals surface area (Å²) in [6, 6.07) is 0.322. The molecule has 5 heteroatoms. The Morgan fingerprint density at radius 3 is 2.71 bits per heavy atom. The Labute approximate surface area is 102 Å². The van der Waals surface area contributed by atoms with Crippen LogP contribution >= 0.6 is 0 Å². The van der Waals surface area contributed by atoms with Crippen LogP contribution < -0.4 is 5.32 Å². The fraction of sp³-hybridized carbons (Fsp3) is 0.917. The average Bonchev–Trinajstić information content (AvgIpc) is 3.04. The molecule has 2 fully saturated rings. The molecule has 5 nitrogen and oxygen atoms in total. The van der Waals surface area contributed by atoms with E-state index in [0.717, 1.165) is 26.1 Å². The van der Waals surface area contributed by atoms with Crippen molar-refractivity contribution in [2.24, 2.45) is 0 Å². The summed E-state index contributed by atoms with van der Waals surface area (Å²) in [5, 5.41) is 3.34. The van der Waals surface area contributed by atoms with Crippen molar-refractivity contribution >= 4 is 5.97 Å². The van der Waals surface area contributed by atoms with Gasteiger partial charge < -0.3 is 14.8 Å². The van der Waals surface area contributed by atoms with Gasteiger partial charge in [-0.25, -0.2) is 0 Å². The van der Waals surface area contributed by atoms with Gasteiger partial charge in [0.05, 0.1) is 13.2 Å². The third kappa shape index (κ3) is 3.66. The molecule has 0 amide bonds. The third-order valence-electron chi connectivity index (χ3n) is 3.50. The molecule has 0 aromatic heterocycles. The molecule has 0 aromatic rings. The molecule has 2 aliphatic rings. The summed E-state index contributed by atoms with van der Waals surface area (Å²) in [6.07, 6.45) is 3.71. The lowest BCUT2D eigenvalue weighted by Gasteiger charge is -2.22. The predicted molar refractivity (Wildman–Crippen MR) is 63.8 cm³/mol. The zero-order valence-electron chi connectivity index (χ0n) is 10.6. The van der Waals surface area contributed by atoms with Crippen LogP contribution in [-0.2, 0) is 14.3 Å². The van der Waals surface area contributed by atoms with Crippen LogP contribution in [-0.4, -0.2) is 62.9 Å². The number of methoxy groups -OCH3 is 2. The van der Waals surface area contributed by atoms with Gasteiger partial charge in [0.15, 0.2) is 0 Å². The predicted octanol–water partition coefficient (Wildman–Crippen LogP) is 0.000700. The number of carbonyl (C=O) groups is 1. The standard InChI is InChI=1S/C12H22N2O3/c1-16-10-5-6-14(7-10)8-11(12(15)17-2)13-9-3-4-9/h9-11,13H,3-8H2,1-2H3. The number of nitrogens with one attached hydrogen (secondary N) is 1. The summed E-state index contributed by atoms with van der Waals surface area (Å²) in [4.78, 5) is 13.9. The van der Waals surface area contributed by atoms with E-state index >= 15 is 0 Å². The number of rotatable bonds is 6. The smallest absolute Gasteiger partial charge is 0.324 e. The highest BCUT2D eigenvalue weighted by atomic mass is 16.5. The lowest BCUT2D eigenvalue weighted by Crippen LogP contribution is -2.47. The number of carbonyl (C=O) groups excluding carboxylic acids is 1. The summed E-state index contributed by atoms with van der Waals surface area (Å²) in [6.45, 7) is 2.64. The zero-order valence-corrected chi connectivity index (χ0v) is 10.6. The van der Waals surface area contributed by atoms with Crippen LogP contribution in [0.3, 0.4) is 0 Å². The summed E-state index contributed by atoms with van der Waals surface area (Å²) >= 11 is 0. The maximum atomic E-state index is 11.7. The first kappa shape index (κ1) is 12.8. The Morgan fingerprint density at radius 1 is 1.41 bits per heavy atom. The van der Waals surface area contributed by atoms with Crippen molar-refractivity contribution in [3.05, 3.63) is 0 Å². The number of likely N-dealkylation sites (tertiary alicyclic amines) is 1. The molecule has 98 valence electrons. The number of ether oxygens (including phenoxy) is 2. The van der Waals surface area contributed by atoms with Gasteiger partial charge in [-0.05, 0) is 19.3 Å². The lowest BCUT2D eigenvalue weighted by molar-refractivity contribution is -0.143. The van der Waals surface area contributed by atoms with Crippen LogP contribution in [0, 0.1) is 0 Å². The Kier molecular flexibility index (Phi) is 4.36. The topological polar surface area (TPSA) is 50.8 Å². The number of hydrogen-bond acceptors (Lipinski definition) is 5. The molecule has 0 aromatic carbocycles. The average molecular weight is 242 g/mol. The van der Waals surface area contributed by atoms with E-state index in [2.05, 4.69) is 10.2 Å². The van der Waals surface area contributed by atoms with Crippen molar-refractivity contribution in [3.8, 4) is 0 Å². The molecule has 0 spiro atoms. The number of esters is 1. The van der Waals surface area contributed by atoms with Crippen molar-refractivity contribution < 1.29 is 14.3 Å². The number of nitrogens with zero attached hydrogens (tertiary/aromatic N) is 1. The van der Waals surface area contributed by atoms with Crippen molar-refractivity contribution in [1.29, 1.82) is 0 Å². The molecule has 1 aliphatic carbocycles. The summed E-state index contributed by atoms with van der Waals surface area (Å²) in [7, 11) is 3.19. The van der Waals surface area contributed by atoms with Gasteiger partial charge in [-0.1, -0.05) is 0 Å². The molecule has 2 rings (SSSR count). The van der Waals surface area contributed by atoms with Crippen molar-refractivity contribution in [2.75, 3.05) is 33.9 Å². The van der Waals surface area contributed by atoms with E-state index in [1.807, 2.05) is 0 Å². The van der Waals surface area contributed by atoms with Gasteiger partial charge in [-0.2, -0.15) is 0 Å². The van der Waals surface area contributed by atoms with E-state index in [9.17, 15) is 4.79 Å². The largest absolute Gasteiger partial charge is 0.468 e. The van der Waals surface area contributed by atoms with Gasteiger partial charge >= 0.3 is 5.97 Å². The summed E-state index contributed by atoms with van der Waals surface area (Å²) < 4.78 is 10.2. The second kappa shape index (κ2) is 5.80. The summed E-state index contributed by atoms with van der Waals surface area (Å²) in [5.41, 5.74) is 0. The molecule has 1 heterocycles. The normalized spacial score (nSPS) is 27.1. The molecule has 1 saturated carbocycles. The number of hydrogen-bond donors (Lipinski definition) is 1. The molecule has 2 unspecified atom stereocenters. The molecule has 1 saturated heterocycles. The second-order valence-corrected chi connectivity index (χ2v) is 4.92. The fourth-order valence-electron chi connectivity index (χ4n) is 2.29. The quantitative estimate of drug-likeness (QED) is 0.665. The molecule has 1 N–H and O–H groups in total. The highest BCUT2D eigenvalue weighted by molar-refractivity contribution is 5.76. The Hall–Kier alpha value is -0.650. The molecule has 0 bridgehead atoms. The van der Waals surface area contributed by atoms with Gasteiger partial charge in [0.25, 0.3) is 0 Å². The Morgan fingerprint density at radius 2 is 2.18 bits per heavy atom. The van der Waals surface area contributed by atoms with E-state index in [-0.39, 0.29) is 12.0 Å². The minimum atomic E-state index is -0.192. The highest BCUT2D eigenvalue weighted by Crippen LogP contribution is 2.20. The minimum Gasteiger partial charge on any atom is -0.468 e. The molecule has 2 atom stereocenters. The van der Waals surface area contributed by atoms with Crippen molar-refractivity contribution in [1.82, 2.24) is 10.2 Å². The zero-order chi connectivity index (χ0) is 12.3. The van der Waals surface area contributed by atoms with Crippen LogP contribution in [0.25, 0.3) is 0 Å². The highest BCUT2D eigenvalue weighted by Gasteiger charge is 2.32. The van der Waals surface area contributed by atoms with Crippen LogP contribution in [0.4, 0.5) is 0 Å². The van der Waals surface area contributed by atoms with E-state index in [1.165, 1.54) is 20.0 Å². The van der Waals surface area contributed by atoms with Crippen LogP contribution in [0.5, 0.6) is 0 Å². The lowest BCUT2D eigenvalue weighted by atomic mass is 10.2. The summed E-state index contributed by atoms with van der Waals surface area (Å²) in [5.74, 6) is -0.155. The van der Waals surface area contributed by atoms with E-state index in [1.54, 1.807) is 7.11 Å².